The molecule has 0 aliphatic carbocycles. The number of carbonyl (C=O) groups excluding carboxylic acids is 1. The fourth-order valence-electron chi connectivity index (χ4n) is 1.22. The second kappa shape index (κ2) is 5.97. The molecule has 0 bridgehead atoms. The number of hydrogen-bond donors (Lipinski definition) is 2. The minimum absolute atomic E-state index is 0.165. The van der Waals surface area contributed by atoms with Crippen molar-refractivity contribution in [2.45, 2.75) is 13.5 Å². The smallest absolute Gasteiger partial charge is 0.255 e. The molecule has 0 aliphatic heterocycles. The maximum atomic E-state index is 10.6. The van der Waals surface area contributed by atoms with Crippen LogP contribution in [-0.2, 0) is 11.3 Å². The van der Waals surface area contributed by atoms with E-state index in [1.165, 1.54) is 0 Å². The van der Waals surface area contributed by atoms with Crippen molar-refractivity contribution in [2.75, 3.05) is 13.2 Å². The highest BCUT2D eigenvalue weighted by Gasteiger charge is 2.07. The lowest BCUT2D eigenvalue weighted by Gasteiger charge is -2.11. The predicted molar refractivity (Wildman–Crippen MR) is 60.2 cm³/mol. The van der Waals surface area contributed by atoms with E-state index in [1.807, 2.05) is 13.0 Å². The van der Waals surface area contributed by atoms with E-state index in [2.05, 4.69) is 0 Å². The lowest BCUT2D eigenvalue weighted by atomic mass is 10.2. The number of rotatable bonds is 6. The number of carbonyl (C=O) groups is 1. The van der Waals surface area contributed by atoms with Crippen molar-refractivity contribution in [3.05, 3.63) is 23.8 Å². The van der Waals surface area contributed by atoms with Gasteiger partial charge in [-0.3, -0.25) is 4.79 Å². The van der Waals surface area contributed by atoms with Crippen LogP contribution in [0.2, 0.25) is 0 Å². The van der Waals surface area contributed by atoms with Crippen molar-refractivity contribution in [3.8, 4) is 11.5 Å². The van der Waals surface area contributed by atoms with Crippen LogP contribution in [0.15, 0.2) is 18.2 Å². The molecular formula is C11H16N2O3. The molecule has 0 radical (unpaired) electrons. The van der Waals surface area contributed by atoms with E-state index in [0.29, 0.717) is 24.7 Å². The highest BCUT2D eigenvalue weighted by molar-refractivity contribution is 5.75. The van der Waals surface area contributed by atoms with Gasteiger partial charge in [0.05, 0.1) is 6.61 Å². The van der Waals surface area contributed by atoms with Crippen LogP contribution in [0.3, 0.4) is 0 Å². The van der Waals surface area contributed by atoms with Gasteiger partial charge in [-0.15, -0.1) is 0 Å². The first kappa shape index (κ1) is 12.3. The lowest BCUT2D eigenvalue weighted by Crippen LogP contribution is -2.20. The first-order valence-corrected chi connectivity index (χ1v) is 5.04. The Hall–Kier alpha value is -1.75. The summed E-state index contributed by atoms with van der Waals surface area (Å²) in [5.41, 5.74) is 11.5. The average molecular weight is 224 g/mol. The zero-order valence-corrected chi connectivity index (χ0v) is 9.23. The molecule has 0 aliphatic rings. The van der Waals surface area contributed by atoms with Crippen LogP contribution >= 0.6 is 0 Å². The van der Waals surface area contributed by atoms with Crippen LogP contribution in [0.25, 0.3) is 0 Å². The van der Waals surface area contributed by atoms with Gasteiger partial charge in [0.2, 0.25) is 0 Å². The molecule has 1 aromatic carbocycles. The first-order chi connectivity index (χ1) is 7.67. The quantitative estimate of drug-likeness (QED) is 0.732. The average Bonchev–Trinajstić information content (AvgIpc) is 2.27. The van der Waals surface area contributed by atoms with Gasteiger partial charge in [-0.1, -0.05) is 6.07 Å². The Labute approximate surface area is 94.3 Å². The summed E-state index contributed by atoms with van der Waals surface area (Å²) < 4.78 is 10.6. The minimum Gasteiger partial charge on any atom is -0.490 e. The van der Waals surface area contributed by atoms with Crippen LogP contribution in [0.4, 0.5) is 0 Å². The number of primary amides is 1. The fraction of sp³-hybridized carbons (Fsp3) is 0.364. The second-order valence-electron chi connectivity index (χ2n) is 3.17. The van der Waals surface area contributed by atoms with Crippen molar-refractivity contribution >= 4 is 5.91 Å². The number of benzene rings is 1. The van der Waals surface area contributed by atoms with Crippen LogP contribution in [-0.4, -0.2) is 19.1 Å². The Morgan fingerprint density at radius 1 is 1.31 bits per heavy atom. The molecule has 0 saturated carbocycles. The third-order valence-electron chi connectivity index (χ3n) is 1.91. The lowest BCUT2D eigenvalue weighted by molar-refractivity contribution is -0.119. The SMILES string of the molecule is CCOc1cc(CN)ccc1OCC(N)=O. The molecular weight excluding hydrogens is 208 g/mol. The van der Waals surface area contributed by atoms with Gasteiger partial charge in [-0.25, -0.2) is 0 Å². The molecule has 0 atom stereocenters. The molecule has 0 heterocycles. The summed E-state index contributed by atoms with van der Waals surface area (Å²) in [6.07, 6.45) is 0. The van der Waals surface area contributed by atoms with Crippen molar-refractivity contribution < 1.29 is 14.3 Å². The monoisotopic (exact) mass is 224 g/mol. The van der Waals surface area contributed by atoms with Gasteiger partial charge < -0.3 is 20.9 Å². The Morgan fingerprint density at radius 3 is 2.62 bits per heavy atom. The topological polar surface area (TPSA) is 87.6 Å². The maximum Gasteiger partial charge on any atom is 0.255 e. The Morgan fingerprint density at radius 2 is 2.06 bits per heavy atom. The number of nitrogens with two attached hydrogens (primary N) is 2. The zero-order chi connectivity index (χ0) is 12.0. The number of amides is 1. The van der Waals surface area contributed by atoms with E-state index in [-0.39, 0.29) is 6.61 Å². The molecule has 0 fully saturated rings. The summed E-state index contributed by atoms with van der Waals surface area (Å²) in [5, 5.41) is 0. The normalized spacial score (nSPS) is 9.88. The standard InChI is InChI=1S/C11H16N2O3/c1-2-15-10-5-8(6-12)3-4-9(10)16-7-11(13)14/h3-5H,2,6-7,12H2,1H3,(H2,13,14). The second-order valence-corrected chi connectivity index (χ2v) is 3.17. The molecule has 1 aromatic rings. The molecule has 0 spiro atoms. The van der Waals surface area contributed by atoms with Crippen LogP contribution in [0.5, 0.6) is 11.5 Å². The molecule has 16 heavy (non-hydrogen) atoms. The summed E-state index contributed by atoms with van der Waals surface area (Å²) in [5.74, 6) is 0.551. The summed E-state index contributed by atoms with van der Waals surface area (Å²) in [7, 11) is 0. The van der Waals surface area contributed by atoms with E-state index in [4.69, 9.17) is 20.9 Å². The number of ether oxygens (including phenoxy) is 2. The molecule has 0 unspecified atom stereocenters. The van der Waals surface area contributed by atoms with Crippen LogP contribution < -0.4 is 20.9 Å². The molecule has 1 rings (SSSR count). The van der Waals surface area contributed by atoms with Crippen LogP contribution in [0.1, 0.15) is 12.5 Å². The third kappa shape index (κ3) is 3.43. The van der Waals surface area contributed by atoms with Gasteiger partial charge in [0.1, 0.15) is 0 Å². The van der Waals surface area contributed by atoms with E-state index >= 15 is 0 Å². The Bertz CT molecular complexity index is 366. The zero-order valence-electron chi connectivity index (χ0n) is 9.23. The molecule has 5 nitrogen and oxygen atoms in total. The largest absolute Gasteiger partial charge is 0.490 e. The fourth-order valence-corrected chi connectivity index (χ4v) is 1.22. The minimum atomic E-state index is -0.523. The van der Waals surface area contributed by atoms with E-state index in [9.17, 15) is 4.79 Å². The van der Waals surface area contributed by atoms with Crippen LogP contribution in [0, 0.1) is 0 Å². The van der Waals surface area contributed by atoms with E-state index < -0.39 is 5.91 Å². The summed E-state index contributed by atoms with van der Waals surface area (Å²) in [4.78, 5) is 10.6. The summed E-state index contributed by atoms with van der Waals surface area (Å²) in [6.45, 7) is 2.64. The first-order valence-electron chi connectivity index (χ1n) is 5.04. The Kier molecular flexibility index (Phi) is 4.60. The van der Waals surface area contributed by atoms with Gasteiger partial charge in [-0.2, -0.15) is 0 Å². The van der Waals surface area contributed by atoms with Crippen molar-refractivity contribution in [1.82, 2.24) is 0 Å². The van der Waals surface area contributed by atoms with E-state index in [1.54, 1.807) is 12.1 Å². The highest BCUT2D eigenvalue weighted by Crippen LogP contribution is 2.28. The molecule has 4 N–H and O–H groups in total. The molecule has 0 saturated heterocycles. The maximum absolute atomic E-state index is 10.6. The van der Waals surface area contributed by atoms with Crippen molar-refractivity contribution in [1.29, 1.82) is 0 Å². The Balaban J connectivity index is 2.84. The van der Waals surface area contributed by atoms with Gasteiger partial charge in [0.15, 0.2) is 18.1 Å². The summed E-state index contributed by atoms with van der Waals surface area (Å²) in [6, 6.07) is 5.33. The van der Waals surface area contributed by atoms with Gasteiger partial charge in [0, 0.05) is 6.54 Å². The highest BCUT2D eigenvalue weighted by atomic mass is 16.5. The van der Waals surface area contributed by atoms with E-state index in [0.717, 1.165) is 5.56 Å². The molecule has 0 aromatic heterocycles. The number of hydrogen-bond acceptors (Lipinski definition) is 4. The predicted octanol–water partition coefficient (Wildman–Crippen LogP) is 0.408. The third-order valence-corrected chi connectivity index (χ3v) is 1.91. The molecule has 5 heteroatoms. The van der Waals surface area contributed by atoms with Gasteiger partial charge in [0.25, 0.3) is 5.91 Å². The van der Waals surface area contributed by atoms with Crippen molar-refractivity contribution in [3.63, 3.8) is 0 Å². The van der Waals surface area contributed by atoms with Gasteiger partial charge >= 0.3 is 0 Å². The van der Waals surface area contributed by atoms with Gasteiger partial charge in [-0.05, 0) is 24.6 Å². The summed E-state index contributed by atoms with van der Waals surface area (Å²) >= 11 is 0. The molecule has 88 valence electrons. The van der Waals surface area contributed by atoms with Crippen molar-refractivity contribution in [2.24, 2.45) is 11.5 Å². The molecule has 1 amide bonds.